The molecule has 0 unspecified atom stereocenters. The van der Waals surface area contributed by atoms with Crippen LogP contribution in [0.4, 0.5) is 0 Å². The number of thiophene rings is 2. The fourth-order valence-corrected chi connectivity index (χ4v) is 18.1. The van der Waals surface area contributed by atoms with Gasteiger partial charge in [0.2, 0.25) is 0 Å². The van der Waals surface area contributed by atoms with E-state index in [-0.39, 0.29) is 5.41 Å². The molecule has 0 N–H and O–H groups in total. The topological polar surface area (TPSA) is 66.3 Å². The number of rotatable bonds is 7. The van der Waals surface area contributed by atoms with E-state index in [9.17, 15) is 0 Å². The third-order valence-corrected chi connectivity index (χ3v) is 22.3. The summed E-state index contributed by atoms with van der Waals surface area (Å²) in [5, 5.41) is 12.1. The zero-order chi connectivity index (χ0) is 64.7. The minimum absolute atomic E-state index is 0.0669. The molecule has 0 fully saturated rings. The molecule has 1 aliphatic carbocycles. The van der Waals surface area contributed by atoms with E-state index in [0.717, 1.165) is 93.8 Å². The van der Waals surface area contributed by atoms with Crippen LogP contribution in [0.15, 0.2) is 309 Å². The van der Waals surface area contributed by atoms with Crippen molar-refractivity contribution in [3.63, 3.8) is 0 Å². The molecule has 9 heteroatoms. The second-order valence-electron chi connectivity index (χ2n) is 25.9. The van der Waals surface area contributed by atoms with Gasteiger partial charge in [0.25, 0.3) is 0 Å². The largest absolute Gasteiger partial charge is 0.309 e. The molecule has 7 aromatic heterocycles. The van der Waals surface area contributed by atoms with Crippen molar-refractivity contribution in [1.29, 1.82) is 0 Å². The molecule has 20 aromatic rings. The molecule has 0 amide bonds. The molecule has 21 rings (SSSR count). The molecule has 0 radical (unpaired) electrons. The van der Waals surface area contributed by atoms with Crippen LogP contribution in [0.3, 0.4) is 0 Å². The van der Waals surface area contributed by atoms with Gasteiger partial charge >= 0.3 is 0 Å². The molecule has 0 aliphatic heterocycles. The van der Waals surface area contributed by atoms with Gasteiger partial charge in [0, 0.05) is 96.6 Å². The Morgan fingerprint density at radius 2 is 0.653 bits per heavy atom. The average molecular weight is 1290 g/mol. The van der Waals surface area contributed by atoms with Crippen LogP contribution in [0.5, 0.6) is 0 Å². The van der Waals surface area contributed by atoms with E-state index in [1.807, 2.05) is 0 Å². The van der Waals surface area contributed by atoms with E-state index >= 15 is 0 Å². The van der Waals surface area contributed by atoms with Crippen molar-refractivity contribution in [3.05, 3.63) is 321 Å². The molecule has 98 heavy (non-hydrogen) atoms. The first-order valence-corrected chi connectivity index (χ1v) is 34.9. The van der Waals surface area contributed by atoms with Crippen molar-refractivity contribution in [2.24, 2.45) is 0 Å². The Bertz CT molecular complexity index is 6650. The second kappa shape index (κ2) is 22.0. The van der Waals surface area contributed by atoms with Gasteiger partial charge in [-0.25, -0.2) is 19.9 Å². The number of aromatic nitrogens is 7. The number of fused-ring (bicyclic) bond motifs is 20. The summed E-state index contributed by atoms with van der Waals surface area (Å²) in [6, 6.07) is 111. The van der Waals surface area contributed by atoms with Crippen LogP contribution in [-0.4, -0.2) is 33.6 Å². The van der Waals surface area contributed by atoms with Gasteiger partial charge in [-0.15, -0.1) is 22.7 Å². The van der Waals surface area contributed by atoms with E-state index in [4.69, 9.17) is 19.9 Å². The standard InChI is InChI=1S/C46H28N4S.C43H29N3S/c1-3-15-29(16-4-1)44-43-34-22-10-14-26-40(34)51-46(43)48-45(47-44)33-21-9-13-25-37(33)50-36-24-12-8-20-32(36)42-39(50)28-27-38-41(42)31-19-7-11-23-35(31)49(38)30-17-5-2-6-18-30;1-43(2)31-20-10-6-16-27(31)37-32(43)24-25-35-38(37)28-17-7-11-21-33(28)46(35)34-22-12-8-18-29(34)41-44-40(26-14-4-3-5-15-26)39-30-19-9-13-23-36(30)47-42(39)45-41/h1-28H;3-25H,1-2H3. The van der Waals surface area contributed by atoms with Crippen LogP contribution < -0.4 is 0 Å². The fraction of sp³-hybridized carbons (Fsp3) is 0.0337. The molecule has 0 bridgehead atoms. The summed E-state index contributed by atoms with van der Waals surface area (Å²) >= 11 is 3.47. The van der Waals surface area contributed by atoms with Crippen LogP contribution in [-0.2, 0) is 5.41 Å². The third kappa shape index (κ3) is 8.40. The predicted molar refractivity (Wildman–Crippen MR) is 412 cm³/mol. The lowest BCUT2D eigenvalue weighted by molar-refractivity contribution is 0.661. The SMILES string of the molecule is CC1(C)c2ccccc2-c2c1ccc1c2c2ccccc2n1-c1ccccc1-c1nc(-c2ccccc2)c2c(n1)sc1ccccc12.c1ccc(-c2nc(-c3ccccc3-n3c4ccccc4c4c5c6ccccc6n(-c6ccccc6)c5ccc43)nc3sc4ccccc4c23)cc1. The molecule has 1 aliphatic rings. The second-order valence-corrected chi connectivity index (χ2v) is 28.0. The summed E-state index contributed by atoms with van der Waals surface area (Å²) in [5.41, 5.74) is 21.8. The molecular weight excluding hydrogens is 1230 g/mol. The predicted octanol–water partition coefficient (Wildman–Crippen LogP) is 24.0. The van der Waals surface area contributed by atoms with Crippen molar-refractivity contribution < 1.29 is 0 Å². The normalized spacial score (nSPS) is 12.7. The van der Waals surface area contributed by atoms with Gasteiger partial charge in [0.05, 0.1) is 55.9 Å². The molecule has 7 nitrogen and oxygen atoms in total. The summed E-state index contributed by atoms with van der Waals surface area (Å²) in [6.45, 7) is 4.70. The average Bonchev–Trinajstić information content (AvgIpc) is 1.55. The van der Waals surface area contributed by atoms with Gasteiger partial charge in [-0.05, 0) is 107 Å². The van der Waals surface area contributed by atoms with Crippen molar-refractivity contribution in [1.82, 2.24) is 33.6 Å². The molecule has 13 aromatic carbocycles. The zero-order valence-corrected chi connectivity index (χ0v) is 55.0. The first kappa shape index (κ1) is 56.2. The number of hydrogen-bond donors (Lipinski definition) is 0. The van der Waals surface area contributed by atoms with Gasteiger partial charge in [-0.3, -0.25) is 0 Å². The highest BCUT2D eigenvalue weighted by atomic mass is 32.1. The smallest absolute Gasteiger partial charge is 0.163 e. The molecule has 0 saturated heterocycles. The van der Waals surface area contributed by atoms with Gasteiger partial charge in [0.1, 0.15) is 9.66 Å². The van der Waals surface area contributed by atoms with Crippen molar-refractivity contribution >= 4 is 129 Å². The molecule has 7 heterocycles. The maximum atomic E-state index is 5.40. The van der Waals surface area contributed by atoms with Crippen LogP contribution >= 0.6 is 22.7 Å². The Balaban J connectivity index is 0.000000133. The summed E-state index contributed by atoms with van der Waals surface area (Å²) in [6.07, 6.45) is 0. The Kier molecular flexibility index (Phi) is 12.6. The molecule has 460 valence electrons. The first-order chi connectivity index (χ1) is 48.4. The highest BCUT2D eigenvalue weighted by Gasteiger charge is 2.38. The van der Waals surface area contributed by atoms with Crippen molar-refractivity contribution in [3.8, 4) is 73.5 Å². The summed E-state index contributed by atoms with van der Waals surface area (Å²) in [7, 11) is 0. The summed E-state index contributed by atoms with van der Waals surface area (Å²) < 4.78 is 9.66. The maximum Gasteiger partial charge on any atom is 0.163 e. The minimum Gasteiger partial charge on any atom is -0.309 e. The van der Waals surface area contributed by atoms with Gasteiger partial charge < -0.3 is 13.7 Å². The number of nitrogens with zero attached hydrogens (tertiary/aromatic N) is 7. The van der Waals surface area contributed by atoms with Gasteiger partial charge in [-0.2, -0.15) is 0 Å². The summed E-state index contributed by atoms with van der Waals surface area (Å²) in [4.78, 5) is 23.4. The highest BCUT2D eigenvalue weighted by Crippen LogP contribution is 2.54. The molecule has 0 spiro atoms. The monoisotopic (exact) mass is 1290 g/mol. The van der Waals surface area contributed by atoms with E-state index < -0.39 is 0 Å². The number of para-hydroxylation sites is 6. The van der Waals surface area contributed by atoms with Crippen LogP contribution in [0.2, 0.25) is 0 Å². The lowest BCUT2D eigenvalue weighted by Crippen LogP contribution is -2.14. The Labute approximate surface area is 571 Å². The Morgan fingerprint density at radius 1 is 0.276 bits per heavy atom. The molecule has 0 atom stereocenters. The number of hydrogen-bond acceptors (Lipinski definition) is 6. The van der Waals surface area contributed by atoms with Crippen LogP contribution in [0.1, 0.15) is 25.0 Å². The van der Waals surface area contributed by atoms with Crippen molar-refractivity contribution in [2.45, 2.75) is 19.3 Å². The Morgan fingerprint density at radius 3 is 1.17 bits per heavy atom. The lowest BCUT2D eigenvalue weighted by atomic mass is 9.82. The van der Waals surface area contributed by atoms with Crippen molar-refractivity contribution in [2.75, 3.05) is 0 Å². The first-order valence-electron chi connectivity index (χ1n) is 33.3. The number of benzene rings is 13. The van der Waals surface area contributed by atoms with E-state index in [2.05, 4.69) is 337 Å². The zero-order valence-electron chi connectivity index (χ0n) is 53.4. The summed E-state index contributed by atoms with van der Waals surface area (Å²) in [5.74, 6) is 1.45. The van der Waals surface area contributed by atoms with Crippen LogP contribution in [0, 0.1) is 0 Å². The molecule has 0 saturated carbocycles. The third-order valence-electron chi connectivity index (χ3n) is 20.2. The van der Waals surface area contributed by atoms with E-state index in [1.54, 1.807) is 22.7 Å². The van der Waals surface area contributed by atoms with Gasteiger partial charge in [0.15, 0.2) is 11.6 Å². The van der Waals surface area contributed by atoms with Crippen LogP contribution in [0.25, 0.3) is 180 Å². The Hall–Kier alpha value is -12.1. The quantitative estimate of drug-likeness (QED) is 0.159. The van der Waals surface area contributed by atoms with E-state index in [1.165, 1.54) is 96.8 Å². The van der Waals surface area contributed by atoms with E-state index in [0.29, 0.717) is 0 Å². The highest BCUT2D eigenvalue weighted by molar-refractivity contribution is 7.26. The lowest BCUT2D eigenvalue weighted by Gasteiger charge is -2.21. The molecular formula is C89H57N7S2. The minimum atomic E-state index is -0.0669. The van der Waals surface area contributed by atoms with Gasteiger partial charge in [-0.1, -0.05) is 238 Å². The maximum absolute atomic E-state index is 5.40. The fourth-order valence-electron chi connectivity index (χ4n) is 16.0.